The van der Waals surface area contributed by atoms with Gasteiger partial charge in [0.05, 0.1) is 6.61 Å². The normalized spacial score (nSPS) is 10.5. The number of rotatable bonds is 8. The SMILES string of the molecule is CCOC(=O)Oc1ccc(C(=O)Nc2cccc(CNC(=O)/C=C/c3ccccc3Br)c2)cc1. The number of carbonyl (C=O) groups is 3. The molecule has 0 saturated carbocycles. The number of hydrogen-bond acceptors (Lipinski definition) is 5. The average Bonchev–Trinajstić information content (AvgIpc) is 2.83. The quantitative estimate of drug-likeness (QED) is 0.229. The van der Waals surface area contributed by atoms with Crippen LogP contribution in [-0.2, 0) is 16.1 Å². The Morgan fingerprint density at radius 3 is 2.47 bits per heavy atom. The molecule has 8 heteroatoms. The Bertz CT molecular complexity index is 1190. The van der Waals surface area contributed by atoms with Crippen molar-refractivity contribution < 1.29 is 23.9 Å². The lowest BCUT2D eigenvalue weighted by Crippen LogP contribution is -2.20. The van der Waals surface area contributed by atoms with Gasteiger partial charge in [0.1, 0.15) is 5.75 Å². The molecule has 0 aliphatic rings. The Hall–Kier alpha value is -3.91. The maximum Gasteiger partial charge on any atom is 0.513 e. The fraction of sp³-hybridized carbons (Fsp3) is 0.115. The number of halogens is 1. The summed E-state index contributed by atoms with van der Waals surface area (Å²) in [5, 5.41) is 5.64. The van der Waals surface area contributed by atoms with Crippen LogP contribution in [0.15, 0.2) is 83.3 Å². The molecule has 0 radical (unpaired) electrons. The summed E-state index contributed by atoms with van der Waals surface area (Å²) in [6.07, 6.45) is 2.41. The number of carbonyl (C=O) groups excluding carboxylic acids is 3. The van der Waals surface area contributed by atoms with Crippen LogP contribution in [0.2, 0.25) is 0 Å². The van der Waals surface area contributed by atoms with Gasteiger partial charge < -0.3 is 20.1 Å². The van der Waals surface area contributed by atoms with Gasteiger partial charge in [-0.1, -0.05) is 46.3 Å². The summed E-state index contributed by atoms with van der Waals surface area (Å²) in [4.78, 5) is 36.1. The van der Waals surface area contributed by atoms with Gasteiger partial charge in [-0.05, 0) is 66.6 Å². The Balaban J connectivity index is 1.53. The van der Waals surface area contributed by atoms with Crippen molar-refractivity contribution in [3.8, 4) is 5.75 Å². The van der Waals surface area contributed by atoms with Gasteiger partial charge in [-0.25, -0.2) is 4.79 Å². The third kappa shape index (κ3) is 7.60. The maximum atomic E-state index is 12.5. The van der Waals surface area contributed by atoms with Crippen molar-refractivity contribution in [1.82, 2.24) is 5.32 Å². The van der Waals surface area contributed by atoms with E-state index in [-0.39, 0.29) is 24.2 Å². The second-order valence-electron chi connectivity index (χ2n) is 7.04. The minimum absolute atomic E-state index is 0.213. The second kappa shape index (κ2) is 12.4. The molecule has 34 heavy (non-hydrogen) atoms. The highest BCUT2D eigenvalue weighted by molar-refractivity contribution is 9.10. The summed E-state index contributed by atoms with van der Waals surface area (Å²) >= 11 is 3.44. The van der Waals surface area contributed by atoms with Crippen LogP contribution >= 0.6 is 15.9 Å². The molecule has 0 spiro atoms. The van der Waals surface area contributed by atoms with Gasteiger partial charge in [-0.2, -0.15) is 0 Å². The second-order valence-corrected chi connectivity index (χ2v) is 7.89. The molecule has 174 valence electrons. The largest absolute Gasteiger partial charge is 0.513 e. The van der Waals surface area contributed by atoms with Crippen molar-refractivity contribution in [2.45, 2.75) is 13.5 Å². The maximum absolute atomic E-state index is 12.5. The average molecular weight is 523 g/mol. The van der Waals surface area contributed by atoms with E-state index in [1.54, 1.807) is 43.3 Å². The summed E-state index contributed by atoms with van der Waals surface area (Å²) in [5.74, 6) is -0.267. The first-order valence-electron chi connectivity index (χ1n) is 10.5. The topological polar surface area (TPSA) is 93.7 Å². The number of benzene rings is 3. The standard InChI is InChI=1S/C26H23BrN2O5/c1-2-33-26(32)34-22-13-10-20(11-14-22)25(31)29-21-8-5-6-18(16-21)17-28-24(30)15-12-19-7-3-4-9-23(19)27/h3-16H,2,17H2,1H3,(H,28,30)(H,29,31)/b15-12+. The molecular weight excluding hydrogens is 500 g/mol. The molecule has 0 fully saturated rings. The zero-order valence-corrected chi connectivity index (χ0v) is 20.0. The fourth-order valence-corrected chi connectivity index (χ4v) is 3.32. The van der Waals surface area contributed by atoms with Crippen molar-refractivity contribution in [2.75, 3.05) is 11.9 Å². The molecule has 0 aliphatic carbocycles. The van der Waals surface area contributed by atoms with Crippen LogP contribution in [-0.4, -0.2) is 24.6 Å². The Kier molecular flexibility index (Phi) is 8.99. The van der Waals surface area contributed by atoms with E-state index >= 15 is 0 Å². The Morgan fingerprint density at radius 2 is 1.74 bits per heavy atom. The molecule has 2 N–H and O–H groups in total. The zero-order chi connectivity index (χ0) is 24.3. The van der Waals surface area contributed by atoms with Gasteiger partial charge in [0.25, 0.3) is 5.91 Å². The highest BCUT2D eigenvalue weighted by atomic mass is 79.9. The van der Waals surface area contributed by atoms with E-state index in [0.29, 0.717) is 17.8 Å². The van der Waals surface area contributed by atoms with Crippen LogP contribution in [0, 0.1) is 0 Å². The Labute approximate surface area is 205 Å². The molecule has 7 nitrogen and oxygen atoms in total. The van der Waals surface area contributed by atoms with Crippen LogP contribution in [0.1, 0.15) is 28.4 Å². The molecule has 3 aromatic rings. The minimum atomic E-state index is -0.799. The smallest absolute Gasteiger partial charge is 0.434 e. The molecule has 0 aromatic heterocycles. The van der Waals surface area contributed by atoms with Gasteiger partial charge in [-0.15, -0.1) is 0 Å². The van der Waals surface area contributed by atoms with Gasteiger partial charge in [0.15, 0.2) is 0 Å². The fourth-order valence-electron chi connectivity index (χ4n) is 2.90. The number of anilines is 1. The first-order chi connectivity index (χ1) is 16.4. The first kappa shape index (κ1) is 24.7. The Morgan fingerprint density at radius 1 is 0.971 bits per heavy atom. The van der Waals surface area contributed by atoms with Crippen molar-refractivity contribution in [3.05, 3.63) is 100 Å². The van der Waals surface area contributed by atoms with Gasteiger partial charge in [0.2, 0.25) is 5.91 Å². The number of amides is 2. The van der Waals surface area contributed by atoms with E-state index in [2.05, 4.69) is 26.6 Å². The zero-order valence-electron chi connectivity index (χ0n) is 18.4. The predicted octanol–water partition coefficient (Wildman–Crippen LogP) is 5.57. The lowest BCUT2D eigenvalue weighted by Gasteiger charge is -2.09. The van der Waals surface area contributed by atoms with Crippen LogP contribution in [0.25, 0.3) is 6.08 Å². The number of ether oxygens (including phenoxy) is 2. The molecule has 0 saturated heterocycles. The molecular formula is C26H23BrN2O5. The van der Waals surface area contributed by atoms with E-state index in [1.165, 1.54) is 18.2 Å². The van der Waals surface area contributed by atoms with E-state index in [0.717, 1.165) is 15.6 Å². The van der Waals surface area contributed by atoms with Crippen LogP contribution in [0.4, 0.5) is 10.5 Å². The lowest BCUT2D eigenvalue weighted by atomic mass is 10.1. The highest BCUT2D eigenvalue weighted by Gasteiger charge is 2.09. The summed E-state index contributed by atoms with van der Waals surface area (Å²) in [5.41, 5.74) is 2.72. The third-order valence-electron chi connectivity index (χ3n) is 4.55. The van der Waals surface area contributed by atoms with Crippen molar-refractivity contribution in [2.24, 2.45) is 0 Å². The molecule has 3 aromatic carbocycles. The van der Waals surface area contributed by atoms with Crippen LogP contribution in [0.5, 0.6) is 5.75 Å². The molecule has 2 amide bonds. The molecule has 0 bridgehead atoms. The molecule has 0 heterocycles. The van der Waals surface area contributed by atoms with Crippen LogP contribution in [0.3, 0.4) is 0 Å². The van der Waals surface area contributed by atoms with Crippen LogP contribution < -0.4 is 15.4 Å². The van der Waals surface area contributed by atoms with E-state index in [1.807, 2.05) is 30.3 Å². The van der Waals surface area contributed by atoms with Crippen molar-refractivity contribution in [3.63, 3.8) is 0 Å². The lowest BCUT2D eigenvalue weighted by molar-refractivity contribution is -0.116. The number of nitrogens with one attached hydrogen (secondary N) is 2. The van der Waals surface area contributed by atoms with Gasteiger partial charge >= 0.3 is 6.16 Å². The summed E-state index contributed by atoms with van der Waals surface area (Å²) < 4.78 is 10.6. The summed E-state index contributed by atoms with van der Waals surface area (Å²) in [6.45, 7) is 2.20. The predicted molar refractivity (Wildman–Crippen MR) is 134 cm³/mol. The summed E-state index contributed by atoms with van der Waals surface area (Å²) in [6, 6.07) is 20.9. The van der Waals surface area contributed by atoms with Gasteiger partial charge in [-0.3, -0.25) is 9.59 Å². The van der Waals surface area contributed by atoms with E-state index in [9.17, 15) is 14.4 Å². The van der Waals surface area contributed by atoms with Crippen molar-refractivity contribution >= 4 is 45.7 Å². The van der Waals surface area contributed by atoms with Crippen molar-refractivity contribution in [1.29, 1.82) is 0 Å². The molecule has 0 atom stereocenters. The minimum Gasteiger partial charge on any atom is -0.434 e. The van der Waals surface area contributed by atoms with E-state index < -0.39 is 6.16 Å². The number of hydrogen-bond donors (Lipinski definition) is 2. The molecule has 0 unspecified atom stereocenters. The van der Waals surface area contributed by atoms with E-state index in [4.69, 9.17) is 9.47 Å². The molecule has 0 aliphatic heterocycles. The first-order valence-corrected chi connectivity index (χ1v) is 11.3. The summed E-state index contributed by atoms with van der Waals surface area (Å²) in [7, 11) is 0. The third-order valence-corrected chi connectivity index (χ3v) is 5.27. The van der Waals surface area contributed by atoms with Gasteiger partial charge in [0, 0.05) is 28.3 Å². The highest BCUT2D eigenvalue weighted by Crippen LogP contribution is 2.18. The molecule has 3 rings (SSSR count). The monoisotopic (exact) mass is 522 g/mol.